The molecule has 7 nitrogen and oxygen atoms in total. The monoisotopic (exact) mass is 440 g/mol. The molecule has 0 aliphatic heterocycles. The van der Waals surface area contributed by atoms with Gasteiger partial charge in [-0.15, -0.1) is 0 Å². The van der Waals surface area contributed by atoms with Crippen LogP contribution in [-0.2, 0) is 0 Å². The molecular formula is C26H20N2O5. The van der Waals surface area contributed by atoms with Crippen molar-refractivity contribution in [1.29, 1.82) is 0 Å². The summed E-state index contributed by atoms with van der Waals surface area (Å²) in [5.41, 5.74) is 3.41. The molecule has 0 radical (unpaired) electrons. The molecule has 0 amide bonds. The minimum atomic E-state index is -0.537. The van der Waals surface area contributed by atoms with E-state index >= 15 is 0 Å². The summed E-state index contributed by atoms with van der Waals surface area (Å²) in [6, 6.07) is 24.3. The van der Waals surface area contributed by atoms with E-state index in [1.54, 1.807) is 12.1 Å². The zero-order valence-electron chi connectivity index (χ0n) is 18.0. The van der Waals surface area contributed by atoms with Crippen LogP contribution in [0.3, 0.4) is 0 Å². The maximum Gasteiger partial charge on any atom is 0.312 e. The lowest BCUT2D eigenvalue weighted by Crippen LogP contribution is -2.02. The van der Waals surface area contributed by atoms with Gasteiger partial charge < -0.3 is 4.74 Å². The normalized spacial score (nSPS) is 10.6. The van der Waals surface area contributed by atoms with Crippen LogP contribution in [0.2, 0.25) is 0 Å². The Hall–Kier alpha value is -4.52. The number of aryl methyl sites for hydroxylation is 2. The van der Waals surface area contributed by atoms with E-state index in [2.05, 4.69) is 0 Å². The highest BCUT2D eigenvalue weighted by Gasteiger charge is 2.29. The van der Waals surface area contributed by atoms with Crippen molar-refractivity contribution in [2.45, 2.75) is 13.8 Å². The molecule has 33 heavy (non-hydrogen) atoms. The minimum Gasteiger partial charge on any atom is -0.442 e. The Balaban J connectivity index is 2.04. The van der Waals surface area contributed by atoms with E-state index in [9.17, 15) is 20.2 Å². The van der Waals surface area contributed by atoms with Gasteiger partial charge in [-0.3, -0.25) is 20.2 Å². The minimum absolute atomic E-state index is 0.0305. The topological polar surface area (TPSA) is 95.5 Å². The molecule has 0 aromatic heterocycles. The smallest absolute Gasteiger partial charge is 0.312 e. The Morgan fingerprint density at radius 3 is 1.27 bits per heavy atom. The maximum atomic E-state index is 11.9. The molecule has 0 saturated carbocycles. The van der Waals surface area contributed by atoms with Crippen molar-refractivity contribution in [1.82, 2.24) is 0 Å². The molecular weight excluding hydrogens is 420 g/mol. The zero-order valence-corrected chi connectivity index (χ0v) is 18.0. The number of nitro groups is 2. The van der Waals surface area contributed by atoms with Crippen molar-refractivity contribution in [3.05, 3.63) is 116 Å². The van der Waals surface area contributed by atoms with Gasteiger partial charge in [-0.25, -0.2) is 0 Å². The Kier molecular flexibility index (Phi) is 5.87. The largest absolute Gasteiger partial charge is 0.442 e. The van der Waals surface area contributed by atoms with E-state index in [0.717, 1.165) is 11.1 Å². The number of ether oxygens (including phenoxy) is 1. The van der Waals surface area contributed by atoms with Gasteiger partial charge >= 0.3 is 11.4 Å². The van der Waals surface area contributed by atoms with Gasteiger partial charge in [-0.05, 0) is 36.1 Å². The summed E-state index contributed by atoms with van der Waals surface area (Å²) in [7, 11) is 0. The van der Waals surface area contributed by atoms with E-state index in [4.69, 9.17) is 4.74 Å². The van der Waals surface area contributed by atoms with Crippen LogP contribution in [0.1, 0.15) is 11.1 Å². The summed E-state index contributed by atoms with van der Waals surface area (Å²) in [6.07, 6.45) is 0. The molecule has 0 spiro atoms. The summed E-state index contributed by atoms with van der Waals surface area (Å²) < 4.78 is 6.21. The standard InChI is InChI=1S/C26H20N2O5/c1-17-13-15-21(27(29)30)25(23(17)19-9-5-3-6-10-19)33-26-22(28(31)32)16-14-18(2)24(26)20-11-7-4-8-12-20/h3-16H,1-2H3. The molecule has 0 atom stereocenters. The molecule has 0 aliphatic rings. The van der Waals surface area contributed by atoms with Crippen molar-refractivity contribution >= 4 is 11.4 Å². The van der Waals surface area contributed by atoms with Gasteiger partial charge in [0.15, 0.2) is 0 Å². The lowest BCUT2D eigenvalue weighted by Gasteiger charge is -2.18. The van der Waals surface area contributed by atoms with Crippen molar-refractivity contribution in [3.8, 4) is 33.8 Å². The fourth-order valence-electron chi connectivity index (χ4n) is 3.86. The molecule has 0 unspecified atom stereocenters. The van der Waals surface area contributed by atoms with Gasteiger partial charge in [0.05, 0.1) is 9.85 Å². The lowest BCUT2D eigenvalue weighted by atomic mass is 9.97. The fourth-order valence-corrected chi connectivity index (χ4v) is 3.86. The van der Waals surface area contributed by atoms with Crippen LogP contribution >= 0.6 is 0 Å². The molecule has 0 heterocycles. The summed E-state index contributed by atoms with van der Waals surface area (Å²) in [4.78, 5) is 22.8. The molecule has 4 rings (SSSR count). The van der Waals surface area contributed by atoms with Crippen molar-refractivity contribution < 1.29 is 14.6 Å². The van der Waals surface area contributed by atoms with Crippen LogP contribution in [0.25, 0.3) is 22.3 Å². The van der Waals surface area contributed by atoms with E-state index in [0.29, 0.717) is 22.3 Å². The second-order valence-corrected chi connectivity index (χ2v) is 7.56. The van der Waals surface area contributed by atoms with Gasteiger partial charge in [0.1, 0.15) is 0 Å². The van der Waals surface area contributed by atoms with E-state index in [1.807, 2.05) is 74.5 Å². The lowest BCUT2D eigenvalue weighted by molar-refractivity contribution is -0.387. The Morgan fingerprint density at radius 2 is 0.939 bits per heavy atom. The first kappa shape index (κ1) is 21.7. The molecule has 0 bridgehead atoms. The second-order valence-electron chi connectivity index (χ2n) is 7.56. The molecule has 0 saturated heterocycles. The number of hydrogen-bond donors (Lipinski definition) is 0. The van der Waals surface area contributed by atoms with Gasteiger partial charge in [-0.1, -0.05) is 72.8 Å². The first-order valence-corrected chi connectivity index (χ1v) is 10.2. The number of benzene rings is 4. The van der Waals surface area contributed by atoms with Crippen LogP contribution in [0, 0.1) is 34.1 Å². The van der Waals surface area contributed by atoms with Gasteiger partial charge in [0, 0.05) is 23.3 Å². The third-order valence-corrected chi connectivity index (χ3v) is 5.41. The van der Waals surface area contributed by atoms with E-state index in [-0.39, 0.29) is 22.9 Å². The van der Waals surface area contributed by atoms with Gasteiger partial charge in [-0.2, -0.15) is 0 Å². The molecule has 0 N–H and O–H groups in total. The Labute approximate surface area is 190 Å². The summed E-state index contributed by atoms with van der Waals surface area (Å²) in [5.74, 6) is -0.0610. The number of rotatable bonds is 6. The molecule has 4 aromatic rings. The fraction of sp³-hybridized carbons (Fsp3) is 0.0769. The highest BCUT2D eigenvalue weighted by molar-refractivity contribution is 5.83. The number of hydrogen-bond acceptors (Lipinski definition) is 5. The average molecular weight is 440 g/mol. The second kappa shape index (κ2) is 8.92. The Morgan fingerprint density at radius 1 is 0.576 bits per heavy atom. The van der Waals surface area contributed by atoms with Crippen molar-refractivity contribution in [2.75, 3.05) is 0 Å². The van der Waals surface area contributed by atoms with Crippen LogP contribution in [-0.4, -0.2) is 9.85 Å². The van der Waals surface area contributed by atoms with Gasteiger partial charge in [0.25, 0.3) is 0 Å². The van der Waals surface area contributed by atoms with Gasteiger partial charge in [0.2, 0.25) is 11.5 Å². The molecule has 164 valence electrons. The predicted octanol–water partition coefficient (Wildman–Crippen LogP) is 7.25. The highest BCUT2D eigenvalue weighted by atomic mass is 16.6. The third-order valence-electron chi connectivity index (χ3n) is 5.41. The molecule has 4 aromatic carbocycles. The van der Waals surface area contributed by atoms with E-state index in [1.165, 1.54) is 12.1 Å². The SMILES string of the molecule is Cc1ccc([N+](=O)[O-])c(Oc2c([N+](=O)[O-])ccc(C)c2-c2ccccc2)c1-c1ccccc1. The quantitative estimate of drug-likeness (QED) is 0.232. The third kappa shape index (κ3) is 4.16. The van der Waals surface area contributed by atoms with Crippen molar-refractivity contribution in [3.63, 3.8) is 0 Å². The van der Waals surface area contributed by atoms with Crippen LogP contribution in [0.4, 0.5) is 11.4 Å². The highest BCUT2D eigenvalue weighted by Crippen LogP contribution is 2.48. The van der Waals surface area contributed by atoms with Crippen LogP contribution < -0.4 is 4.74 Å². The average Bonchev–Trinajstić information content (AvgIpc) is 2.80. The van der Waals surface area contributed by atoms with Crippen LogP contribution in [0.5, 0.6) is 11.5 Å². The van der Waals surface area contributed by atoms with Crippen molar-refractivity contribution in [2.24, 2.45) is 0 Å². The first-order valence-electron chi connectivity index (χ1n) is 10.2. The maximum absolute atomic E-state index is 11.9. The first-order chi connectivity index (χ1) is 15.9. The van der Waals surface area contributed by atoms with E-state index < -0.39 is 9.85 Å². The summed E-state index contributed by atoms with van der Waals surface area (Å²) in [6.45, 7) is 3.64. The molecule has 0 aliphatic carbocycles. The number of nitro benzene ring substituents is 2. The summed E-state index contributed by atoms with van der Waals surface area (Å²) >= 11 is 0. The Bertz CT molecular complexity index is 1250. The summed E-state index contributed by atoms with van der Waals surface area (Å²) in [5, 5.41) is 23.9. The predicted molar refractivity (Wildman–Crippen MR) is 127 cm³/mol. The zero-order chi connectivity index (χ0) is 23.5. The van der Waals surface area contributed by atoms with Crippen LogP contribution in [0.15, 0.2) is 84.9 Å². The number of nitrogens with zero attached hydrogens (tertiary/aromatic N) is 2. The molecule has 7 heteroatoms. The molecule has 0 fully saturated rings.